The van der Waals surface area contributed by atoms with Gasteiger partial charge in [-0.15, -0.1) is 0 Å². The van der Waals surface area contributed by atoms with Gasteiger partial charge in [0.15, 0.2) is 0 Å². The topological polar surface area (TPSA) is 75.7 Å². The number of sulfonamides is 1. The van der Waals surface area contributed by atoms with E-state index in [1.165, 1.54) is 24.3 Å². The van der Waals surface area contributed by atoms with Gasteiger partial charge in [0.05, 0.1) is 18.1 Å². The minimum atomic E-state index is -3.76. The van der Waals surface area contributed by atoms with Crippen LogP contribution in [0.5, 0.6) is 0 Å². The van der Waals surface area contributed by atoms with Crippen LogP contribution in [0.1, 0.15) is 13.3 Å². The summed E-state index contributed by atoms with van der Waals surface area (Å²) < 4.78 is 32.4. The molecule has 6 nitrogen and oxygen atoms in total. The van der Waals surface area contributed by atoms with Crippen molar-refractivity contribution < 1.29 is 17.9 Å². The molecule has 122 valence electrons. The van der Waals surface area contributed by atoms with Crippen LogP contribution in [0.25, 0.3) is 0 Å². The van der Waals surface area contributed by atoms with Crippen LogP contribution >= 0.6 is 11.6 Å². The lowest BCUT2D eigenvalue weighted by Crippen LogP contribution is -2.51. The Morgan fingerprint density at radius 3 is 2.45 bits per heavy atom. The first-order valence-corrected chi connectivity index (χ1v) is 8.94. The number of carbonyl (C=O) groups excluding carboxylic acids is 1. The Hall–Kier alpha value is -1.15. The van der Waals surface area contributed by atoms with Gasteiger partial charge in [0.1, 0.15) is 6.04 Å². The van der Waals surface area contributed by atoms with Crippen molar-refractivity contribution in [1.82, 2.24) is 9.62 Å². The van der Waals surface area contributed by atoms with E-state index in [1.807, 2.05) is 0 Å². The van der Waals surface area contributed by atoms with Crippen molar-refractivity contribution in [3.05, 3.63) is 29.3 Å². The number of rotatable bonds is 5. The van der Waals surface area contributed by atoms with Crippen LogP contribution in [0.15, 0.2) is 29.2 Å². The van der Waals surface area contributed by atoms with E-state index < -0.39 is 16.1 Å². The molecule has 0 aromatic heterocycles. The molecule has 1 atom stereocenters. The first-order chi connectivity index (χ1) is 10.4. The molecule has 1 heterocycles. The van der Waals surface area contributed by atoms with Crippen LogP contribution in [0, 0.1) is 0 Å². The highest BCUT2D eigenvalue weighted by molar-refractivity contribution is 7.89. The molecule has 0 spiro atoms. The second kappa shape index (κ2) is 7.41. The Morgan fingerprint density at radius 2 is 1.91 bits per heavy atom. The van der Waals surface area contributed by atoms with Gasteiger partial charge in [-0.25, -0.2) is 8.42 Å². The van der Waals surface area contributed by atoms with Gasteiger partial charge < -0.3 is 9.64 Å². The quantitative estimate of drug-likeness (QED) is 0.870. The van der Waals surface area contributed by atoms with Crippen LogP contribution in [0.4, 0.5) is 0 Å². The van der Waals surface area contributed by atoms with Crippen molar-refractivity contribution in [2.24, 2.45) is 0 Å². The van der Waals surface area contributed by atoms with Crippen LogP contribution in [0.3, 0.4) is 0 Å². The van der Waals surface area contributed by atoms with Crippen LogP contribution in [-0.4, -0.2) is 51.6 Å². The Kier molecular flexibility index (Phi) is 5.80. The molecule has 1 unspecified atom stereocenters. The predicted molar refractivity (Wildman–Crippen MR) is 83.3 cm³/mol. The highest BCUT2D eigenvalue weighted by atomic mass is 35.5. The van der Waals surface area contributed by atoms with E-state index in [4.69, 9.17) is 16.3 Å². The highest BCUT2D eigenvalue weighted by Gasteiger charge is 2.28. The molecule has 1 aliphatic rings. The molecular formula is C14H19ClN2O4S. The summed E-state index contributed by atoms with van der Waals surface area (Å²) >= 11 is 5.76. The first-order valence-electron chi connectivity index (χ1n) is 7.08. The van der Waals surface area contributed by atoms with Gasteiger partial charge >= 0.3 is 0 Å². The third-order valence-electron chi connectivity index (χ3n) is 3.45. The van der Waals surface area contributed by atoms with Gasteiger partial charge in [0.25, 0.3) is 0 Å². The molecule has 1 N–H and O–H groups in total. The fourth-order valence-electron chi connectivity index (χ4n) is 2.18. The molecule has 2 rings (SSSR count). The van der Waals surface area contributed by atoms with E-state index in [-0.39, 0.29) is 10.8 Å². The molecule has 1 saturated heterocycles. The smallest absolute Gasteiger partial charge is 0.241 e. The summed E-state index contributed by atoms with van der Waals surface area (Å²) in [6.45, 7) is 3.70. The number of halogens is 1. The Bertz CT molecular complexity index is 612. The molecule has 1 aromatic rings. The molecule has 0 saturated carbocycles. The second-order valence-corrected chi connectivity index (χ2v) is 7.12. The standard InChI is InChI=1S/C14H19ClN2O4S/c1-2-13(14(18)17-7-9-21-10-8-17)16-22(19,20)12-5-3-11(15)4-6-12/h3-6,13,16H,2,7-10H2,1H3. The number of nitrogens with one attached hydrogen (secondary N) is 1. The van der Waals surface area contributed by atoms with E-state index in [0.717, 1.165) is 0 Å². The zero-order valence-electron chi connectivity index (χ0n) is 12.3. The van der Waals surface area contributed by atoms with Gasteiger partial charge in [-0.3, -0.25) is 4.79 Å². The summed E-state index contributed by atoms with van der Waals surface area (Å²) in [5, 5.41) is 0.454. The maximum Gasteiger partial charge on any atom is 0.241 e. The molecule has 0 radical (unpaired) electrons. The summed E-state index contributed by atoms with van der Waals surface area (Å²) in [5.41, 5.74) is 0. The molecule has 0 aliphatic carbocycles. The lowest BCUT2D eigenvalue weighted by Gasteiger charge is -2.30. The van der Waals surface area contributed by atoms with Crippen molar-refractivity contribution in [3.8, 4) is 0 Å². The zero-order chi connectivity index (χ0) is 16.2. The lowest BCUT2D eigenvalue weighted by molar-refractivity contribution is -0.137. The zero-order valence-corrected chi connectivity index (χ0v) is 13.9. The SMILES string of the molecule is CCC(NS(=O)(=O)c1ccc(Cl)cc1)C(=O)N1CCOCC1. The second-order valence-electron chi connectivity index (χ2n) is 4.97. The summed E-state index contributed by atoms with van der Waals surface area (Å²) in [6.07, 6.45) is 0.378. The Balaban J connectivity index is 2.11. The summed E-state index contributed by atoms with van der Waals surface area (Å²) in [7, 11) is -3.76. The van der Waals surface area contributed by atoms with Crippen molar-refractivity contribution in [2.45, 2.75) is 24.3 Å². The molecule has 1 aromatic carbocycles. The van der Waals surface area contributed by atoms with E-state index in [2.05, 4.69) is 4.72 Å². The molecule has 1 aliphatic heterocycles. The monoisotopic (exact) mass is 346 g/mol. The summed E-state index contributed by atoms with van der Waals surface area (Å²) in [5.74, 6) is -0.219. The highest BCUT2D eigenvalue weighted by Crippen LogP contribution is 2.15. The molecule has 1 fully saturated rings. The van der Waals surface area contributed by atoms with Crippen molar-refractivity contribution >= 4 is 27.5 Å². The minimum absolute atomic E-state index is 0.0881. The van der Waals surface area contributed by atoms with Crippen molar-refractivity contribution in [2.75, 3.05) is 26.3 Å². The van der Waals surface area contributed by atoms with Gasteiger partial charge in [0.2, 0.25) is 15.9 Å². The average Bonchev–Trinajstić information content (AvgIpc) is 2.53. The number of nitrogens with zero attached hydrogens (tertiary/aromatic N) is 1. The minimum Gasteiger partial charge on any atom is -0.378 e. The number of amides is 1. The van der Waals surface area contributed by atoms with Gasteiger partial charge in [-0.05, 0) is 30.7 Å². The van der Waals surface area contributed by atoms with Gasteiger partial charge in [-0.2, -0.15) is 4.72 Å². The van der Waals surface area contributed by atoms with E-state index in [9.17, 15) is 13.2 Å². The fraction of sp³-hybridized carbons (Fsp3) is 0.500. The van der Waals surface area contributed by atoms with Crippen LogP contribution in [-0.2, 0) is 19.6 Å². The van der Waals surface area contributed by atoms with E-state index in [0.29, 0.717) is 37.7 Å². The third kappa shape index (κ3) is 4.19. The first kappa shape index (κ1) is 17.2. The largest absolute Gasteiger partial charge is 0.378 e. The van der Waals surface area contributed by atoms with E-state index in [1.54, 1.807) is 11.8 Å². The molecular weight excluding hydrogens is 328 g/mol. The number of ether oxygens (including phenoxy) is 1. The number of benzene rings is 1. The Morgan fingerprint density at radius 1 is 1.32 bits per heavy atom. The summed E-state index contributed by atoms with van der Waals surface area (Å²) in [4.78, 5) is 14.1. The van der Waals surface area contributed by atoms with Crippen LogP contribution in [0.2, 0.25) is 5.02 Å². The molecule has 22 heavy (non-hydrogen) atoms. The molecule has 1 amide bonds. The maximum absolute atomic E-state index is 12.4. The van der Waals surface area contributed by atoms with Gasteiger partial charge in [0, 0.05) is 18.1 Å². The lowest BCUT2D eigenvalue weighted by atomic mass is 10.2. The number of hydrogen-bond acceptors (Lipinski definition) is 4. The van der Waals surface area contributed by atoms with E-state index >= 15 is 0 Å². The fourth-order valence-corrected chi connectivity index (χ4v) is 3.58. The van der Waals surface area contributed by atoms with Gasteiger partial charge in [-0.1, -0.05) is 18.5 Å². The van der Waals surface area contributed by atoms with Crippen LogP contribution < -0.4 is 4.72 Å². The van der Waals surface area contributed by atoms with Crippen molar-refractivity contribution in [3.63, 3.8) is 0 Å². The normalized spacial score (nSPS) is 17.3. The predicted octanol–water partition coefficient (Wildman–Crippen LogP) is 1.26. The Labute approximate surface area is 135 Å². The van der Waals surface area contributed by atoms with Crippen molar-refractivity contribution in [1.29, 1.82) is 0 Å². The number of morpholine rings is 1. The number of hydrogen-bond donors (Lipinski definition) is 1. The molecule has 0 bridgehead atoms. The number of carbonyl (C=O) groups is 1. The maximum atomic E-state index is 12.4. The molecule has 8 heteroatoms. The average molecular weight is 347 g/mol. The summed E-state index contributed by atoms with van der Waals surface area (Å²) in [6, 6.07) is 5.05. The third-order valence-corrected chi connectivity index (χ3v) is 5.19.